The summed E-state index contributed by atoms with van der Waals surface area (Å²) in [5.41, 5.74) is 8.16. The molecule has 0 bridgehead atoms. The Hall–Kier alpha value is -1.85. The van der Waals surface area contributed by atoms with Gasteiger partial charge >= 0.3 is 0 Å². The lowest BCUT2D eigenvalue weighted by Gasteiger charge is -2.33. The maximum Gasteiger partial charge on any atom is 0.264 e. The number of benzene rings is 1. The second-order valence-electron chi connectivity index (χ2n) is 8.01. The Balaban J connectivity index is 0.00000117. The van der Waals surface area contributed by atoms with Crippen LogP contribution in [0.2, 0.25) is 0 Å². The van der Waals surface area contributed by atoms with Gasteiger partial charge in [-0.3, -0.25) is 4.79 Å². The number of carbonyl (C=O) groups excluding carboxylic acids is 1. The molecule has 5 heteroatoms. The quantitative estimate of drug-likeness (QED) is 0.753. The molecule has 2 aliphatic heterocycles. The van der Waals surface area contributed by atoms with Gasteiger partial charge in [0.25, 0.3) is 5.91 Å². The summed E-state index contributed by atoms with van der Waals surface area (Å²) >= 11 is 1.65. The molecule has 1 aromatic carbocycles. The molecule has 0 atom stereocenters. The van der Waals surface area contributed by atoms with Gasteiger partial charge in [-0.25, -0.2) is 0 Å². The van der Waals surface area contributed by atoms with E-state index < -0.39 is 0 Å². The number of hydrogen-bond acceptors (Lipinski definition) is 4. The highest BCUT2D eigenvalue weighted by molar-refractivity contribution is 7.17. The summed E-state index contributed by atoms with van der Waals surface area (Å²) in [4.78, 5) is 19.4. The van der Waals surface area contributed by atoms with Crippen LogP contribution < -0.4 is 10.6 Å². The third-order valence-electron chi connectivity index (χ3n) is 6.21. The van der Waals surface area contributed by atoms with Gasteiger partial charge in [0.15, 0.2) is 0 Å². The molecule has 2 fully saturated rings. The normalized spacial score (nSPS) is 17.2. The first kappa shape index (κ1) is 21.8. The van der Waals surface area contributed by atoms with Crippen LogP contribution in [0.4, 0.5) is 5.69 Å². The number of likely N-dealkylation sites (tertiary alicyclic amines) is 1. The van der Waals surface area contributed by atoms with Crippen LogP contribution in [0.1, 0.15) is 54.3 Å². The number of hydrogen-bond donors (Lipinski definition) is 1. The van der Waals surface area contributed by atoms with Crippen molar-refractivity contribution in [2.24, 2.45) is 11.7 Å². The van der Waals surface area contributed by atoms with Crippen molar-refractivity contribution in [1.82, 2.24) is 4.90 Å². The van der Waals surface area contributed by atoms with Crippen LogP contribution in [0, 0.1) is 12.8 Å². The summed E-state index contributed by atoms with van der Waals surface area (Å²) in [5.74, 6) is 1.12. The van der Waals surface area contributed by atoms with Gasteiger partial charge in [-0.15, -0.1) is 11.3 Å². The largest absolute Gasteiger partial charge is 0.372 e. The maximum absolute atomic E-state index is 12.8. The first-order chi connectivity index (χ1) is 14.2. The van der Waals surface area contributed by atoms with E-state index in [1.807, 2.05) is 4.90 Å². The Kier molecular flexibility index (Phi) is 7.73. The van der Waals surface area contributed by atoms with Crippen molar-refractivity contribution in [3.05, 3.63) is 40.8 Å². The Morgan fingerprint density at radius 1 is 1.07 bits per heavy atom. The molecule has 2 aromatic rings. The molecular weight excluding hydrogens is 378 g/mol. The topological polar surface area (TPSA) is 49.6 Å². The average molecular weight is 414 g/mol. The minimum atomic E-state index is 0.219. The smallest absolute Gasteiger partial charge is 0.264 e. The zero-order valence-electron chi connectivity index (χ0n) is 18.1. The van der Waals surface area contributed by atoms with Crippen LogP contribution in [-0.2, 0) is 0 Å². The fourth-order valence-corrected chi connectivity index (χ4v) is 5.48. The van der Waals surface area contributed by atoms with E-state index in [1.54, 1.807) is 11.3 Å². The van der Waals surface area contributed by atoms with Gasteiger partial charge in [0.2, 0.25) is 0 Å². The van der Waals surface area contributed by atoms with Crippen molar-refractivity contribution in [3.8, 4) is 10.4 Å². The molecule has 2 saturated heterocycles. The standard InChI is InChI=1S/C23H30N2OS.CH5N/c1-3-18-10-14-24(15-11-18)20-8-6-19(7-9-20)21-16-17(2)22(27-21)23(26)25-12-4-5-13-25;1-2/h6-9,16,18H,3-5,10-15H2,1-2H3;2H2,1H3. The predicted octanol–water partition coefficient (Wildman–Crippen LogP) is 5.16. The number of anilines is 1. The lowest BCUT2D eigenvalue weighted by molar-refractivity contribution is 0.0797. The van der Waals surface area contributed by atoms with Crippen LogP contribution in [0.15, 0.2) is 30.3 Å². The molecule has 158 valence electrons. The van der Waals surface area contributed by atoms with Crippen molar-refractivity contribution in [3.63, 3.8) is 0 Å². The van der Waals surface area contributed by atoms with Gasteiger partial charge in [0.05, 0.1) is 4.88 Å². The minimum absolute atomic E-state index is 0.219. The number of thiophene rings is 1. The van der Waals surface area contributed by atoms with Gasteiger partial charge in [0, 0.05) is 36.7 Å². The maximum atomic E-state index is 12.8. The van der Waals surface area contributed by atoms with E-state index in [0.717, 1.165) is 42.3 Å². The molecule has 2 aliphatic rings. The van der Waals surface area contributed by atoms with Crippen LogP contribution in [0.5, 0.6) is 0 Å². The van der Waals surface area contributed by atoms with Crippen molar-refractivity contribution in [2.45, 2.75) is 46.0 Å². The SMILES string of the molecule is CCC1CCN(c2ccc(-c3cc(C)c(C(=O)N4CCCC4)s3)cc2)CC1.CN. The van der Waals surface area contributed by atoms with E-state index in [0.29, 0.717) is 0 Å². The first-order valence-electron chi connectivity index (χ1n) is 11.0. The summed E-state index contributed by atoms with van der Waals surface area (Å²) < 4.78 is 0. The number of piperidine rings is 1. The monoisotopic (exact) mass is 413 g/mol. The third-order valence-corrected chi connectivity index (χ3v) is 7.49. The summed E-state index contributed by atoms with van der Waals surface area (Å²) in [5, 5.41) is 0. The van der Waals surface area contributed by atoms with E-state index >= 15 is 0 Å². The average Bonchev–Trinajstić information content (AvgIpc) is 3.45. The third kappa shape index (κ3) is 5.01. The van der Waals surface area contributed by atoms with Crippen molar-refractivity contribution >= 4 is 22.9 Å². The number of amides is 1. The summed E-state index contributed by atoms with van der Waals surface area (Å²) in [6.45, 7) is 8.54. The first-order valence-corrected chi connectivity index (χ1v) is 11.8. The molecule has 4 rings (SSSR count). The molecule has 4 nitrogen and oxygen atoms in total. The lowest BCUT2D eigenvalue weighted by Crippen LogP contribution is -2.33. The fourth-order valence-electron chi connectivity index (χ4n) is 4.34. The van der Waals surface area contributed by atoms with E-state index in [9.17, 15) is 4.79 Å². The highest BCUT2D eigenvalue weighted by Crippen LogP contribution is 2.34. The van der Waals surface area contributed by atoms with Crippen molar-refractivity contribution in [1.29, 1.82) is 0 Å². The number of nitrogens with zero attached hydrogens (tertiary/aromatic N) is 2. The Bertz CT molecular complexity index is 785. The molecule has 0 unspecified atom stereocenters. The second kappa shape index (κ2) is 10.3. The molecule has 3 heterocycles. The van der Waals surface area contributed by atoms with Gasteiger partial charge in [-0.05, 0) is 74.9 Å². The summed E-state index contributed by atoms with van der Waals surface area (Å²) in [7, 11) is 1.50. The molecule has 0 spiro atoms. The number of carbonyl (C=O) groups is 1. The number of nitrogens with two attached hydrogens (primary N) is 1. The summed E-state index contributed by atoms with van der Waals surface area (Å²) in [6, 6.07) is 11.1. The molecule has 1 amide bonds. The molecule has 2 N–H and O–H groups in total. The van der Waals surface area contributed by atoms with Crippen LogP contribution >= 0.6 is 11.3 Å². The molecule has 1 aromatic heterocycles. The highest BCUT2D eigenvalue weighted by Gasteiger charge is 2.23. The number of rotatable bonds is 4. The van der Waals surface area contributed by atoms with Crippen LogP contribution in [0.3, 0.4) is 0 Å². The van der Waals surface area contributed by atoms with Crippen molar-refractivity contribution in [2.75, 3.05) is 38.1 Å². The lowest BCUT2D eigenvalue weighted by atomic mass is 9.94. The van der Waals surface area contributed by atoms with E-state index in [4.69, 9.17) is 0 Å². The molecule has 29 heavy (non-hydrogen) atoms. The van der Waals surface area contributed by atoms with Gasteiger partial charge < -0.3 is 15.5 Å². The molecule has 0 radical (unpaired) electrons. The molecular formula is C24H35N3OS. The van der Waals surface area contributed by atoms with Gasteiger partial charge in [-0.2, -0.15) is 0 Å². The molecule has 0 aliphatic carbocycles. The van der Waals surface area contributed by atoms with E-state index in [1.165, 1.54) is 55.5 Å². The minimum Gasteiger partial charge on any atom is -0.372 e. The van der Waals surface area contributed by atoms with E-state index in [-0.39, 0.29) is 5.91 Å². The Morgan fingerprint density at radius 3 is 2.28 bits per heavy atom. The second-order valence-corrected chi connectivity index (χ2v) is 9.06. The van der Waals surface area contributed by atoms with Gasteiger partial charge in [-0.1, -0.05) is 25.5 Å². The molecule has 0 saturated carbocycles. The fraction of sp³-hybridized carbons (Fsp3) is 0.542. The number of aryl methyl sites for hydroxylation is 1. The zero-order valence-corrected chi connectivity index (χ0v) is 18.9. The van der Waals surface area contributed by atoms with Gasteiger partial charge in [0.1, 0.15) is 0 Å². The van der Waals surface area contributed by atoms with Crippen LogP contribution in [-0.4, -0.2) is 44.0 Å². The van der Waals surface area contributed by atoms with E-state index in [2.05, 4.69) is 54.8 Å². The highest BCUT2D eigenvalue weighted by atomic mass is 32.1. The van der Waals surface area contributed by atoms with Crippen LogP contribution in [0.25, 0.3) is 10.4 Å². The zero-order chi connectivity index (χ0) is 20.8. The predicted molar refractivity (Wildman–Crippen MR) is 125 cm³/mol. The Morgan fingerprint density at radius 2 is 1.69 bits per heavy atom. The Labute approximate surface area is 179 Å². The van der Waals surface area contributed by atoms with Crippen molar-refractivity contribution < 1.29 is 4.79 Å². The summed E-state index contributed by atoms with van der Waals surface area (Å²) in [6.07, 6.45) is 6.21.